The molecule has 0 aromatic heterocycles. The van der Waals surface area contributed by atoms with Crippen molar-refractivity contribution >= 4 is 57.6 Å². The third kappa shape index (κ3) is 7.00. The number of amides is 2. The Morgan fingerprint density at radius 1 is 1.21 bits per heavy atom. The van der Waals surface area contributed by atoms with Gasteiger partial charge in [0, 0.05) is 41.7 Å². The van der Waals surface area contributed by atoms with E-state index in [1.54, 1.807) is 35.2 Å². The van der Waals surface area contributed by atoms with Crippen LogP contribution in [0.5, 0.6) is 5.75 Å². The molecule has 4 atom stereocenters. The Bertz CT molecular complexity index is 1190. The Kier molecular flexibility index (Phi) is 10.3. The van der Waals surface area contributed by atoms with E-state index in [1.807, 2.05) is 18.2 Å². The summed E-state index contributed by atoms with van der Waals surface area (Å²) in [6.45, 7) is 0.733. The minimum Gasteiger partial charge on any atom is -0.482 e. The van der Waals surface area contributed by atoms with Crippen molar-refractivity contribution in [3.63, 3.8) is 0 Å². The Morgan fingerprint density at radius 2 is 2.00 bits per heavy atom. The van der Waals surface area contributed by atoms with Crippen molar-refractivity contribution in [2.75, 3.05) is 26.4 Å². The average molecular weight is 675 g/mol. The van der Waals surface area contributed by atoms with E-state index in [2.05, 4.69) is 27.9 Å². The molecule has 2 amide bonds. The maximum absolute atomic E-state index is 13.8. The van der Waals surface area contributed by atoms with Gasteiger partial charge in [-0.05, 0) is 64.9 Å². The van der Waals surface area contributed by atoms with Gasteiger partial charge in [-0.25, -0.2) is 0 Å². The molecule has 0 radical (unpaired) electrons. The average Bonchev–Trinajstić information content (AvgIpc) is 3.44. The second-order valence-electron chi connectivity index (χ2n) is 9.21. The first-order valence-electron chi connectivity index (χ1n) is 12.3. The number of benzene rings is 2. The van der Waals surface area contributed by atoms with E-state index < -0.39 is 24.2 Å². The van der Waals surface area contributed by atoms with Gasteiger partial charge in [0.25, 0.3) is 0 Å². The lowest BCUT2D eigenvalue weighted by atomic mass is 9.87. The van der Waals surface area contributed by atoms with E-state index in [-0.39, 0.29) is 44.5 Å². The molecule has 1 aliphatic carbocycles. The lowest BCUT2D eigenvalue weighted by Crippen LogP contribution is -2.56. The molecule has 4 rings (SSSR count). The highest BCUT2D eigenvalue weighted by molar-refractivity contribution is 14.1. The number of carbonyl (C=O) groups excluding carboxylic acids is 2. The van der Waals surface area contributed by atoms with Crippen LogP contribution in [0.3, 0.4) is 0 Å². The largest absolute Gasteiger partial charge is 0.482 e. The van der Waals surface area contributed by atoms with Crippen molar-refractivity contribution in [3.8, 4) is 5.75 Å². The predicted octanol–water partition coefficient (Wildman–Crippen LogP) is 3.58. The van der Waals surface area contributed by atoms with Crippen LogP contribution in [-0.2, 0) is 20.9 Å². The molecule has 0 spiro atoms. The van der Waals surface area contributed by atoms with Gasteiger partial charge in [0.1, 0.15) is 18.0 Å². The number of aliphatic hydroxyl groups excluding tert-OH is 2. The third-order valence-electron chi connectivity index (χ3n) is 6.63. The first-order valence-corrected chi connectivity index (χ1v) is 14.1. The number of aliphatic hydroxyl groups is 2. The van der Waals surface area contributed by atoms with Gasteiger partial charge in [0.05, 0.1) is 28.7 Å². The molecule has 1 saturated heterocycles. The molecule has 11 heteroatoms. The third-order valence-corrected chi connectivity index (χ3v) is 8.11. The van der Waals surface area contributed by atoms with Crippen LogP contribution in [0.1, 0.15) is 18.4 Å². The van der Waals surface area contributed by atoms with Crippen LogP contribution in [-0.4, -0.2) is 71.5 Å². The second-order valence-corrected chi connectivity index (χ2v) is 11.2. The molecule has 8 nitrogen and oxygen atoms in total. The number of ether oxygens (including phenoxy) is 2. The number of nitrogens with one attached hydrogen (secondary N) is 1. The van der Waals surface area contributed by atoms with Crippen molar-refractivity contribution in [1.82, 2.24) is 10.2 Å². The quantitative estimate of drug-likeness (QED) is 0.351. The van der Waals surface area contributed by atoms with Crippen molar-refractivity contribution in [2.24, 2.45) is 5.92 Å². The lowest BCUT2D eigenvalue weighted by Gasteiger charge is -2.41. The van der Waals surface area contributed by atoms with Crippen molar-refractivity contribution in [2.45, 2.75) is 37.6 Å². The van der Waals surface area contributed by atoms with Crippen LogP contribution in [0.15, 0.2) is 54.1 Å². The molecular weight excluding hydrogens is 646 g/mol. The standard InChI is InChI=1S/C27H29Cl2IN2O6/c28-19-6-5-16(20(29)13-19)14-32(27(36)17-7-10-37-15-17)22-11-18(26(35)31-8-9-33)12-24(25(22)34)38-23-4-2-1-3-21(23)30/h1-6,12-13,17,22,24-25,33-34H,7-11,14-15H2,(H,31,35)/t17?,22-,24+,25+/m1/s1. The van der Waals surface area contributed by atoms with E-state index >= 15 is 0 Å². The molecule has 38 heavy (non-hydrogen) atoms. The summed E-state index contributed by atoms with van der Waals surface area (Å²) in [6.07, 6.45) is 0.199. The highest BCUT2D eigenvalue weighted by Crippen LogP contribution is 2.33. The SMILES string of the molecule is O=C(NCCO)C1=C[C@H](Oc2ccccc2I)[C@@H](O)[C@H](N(Cc2ccc(Cl)cc2Cl)C(=O)C2CCOC2)C1. The lowest BCUT2D eigenvalue weighted by molar-refractivity contribution is -0.143. The molecular formula is C27H29Cl2IN2O6. The topological polar surface area (TPSA) is 108 Å². The summed E-state index contributed by atoms with van der Waals surface area (Å²) in [4.78, 5) is 28.4. The van der Waals surface area contributed by atoms with Crippen molar-refractivity contribution in [3.05, 3.63) is 73.3 Å². The first kappa shape index (κ1) is 29.1. The second kappa shape index (κ2) is 13.5. The molecule has 1 heterocycles. The minimum atomic E-state index is -1.14. The number of hydrogen-bond acceptors (Lipinski definition) is 6. The van der Waals surface area contributed by atoms with Gasteiger partial charge in [0.2, 0.25) is 11.8 Å². The Labute approximate surface area is 245 Å². The summed E-state index contributed by atoms with van der Waals surface area (Å²) in [6, 6.07) is 11.6. The minimum absolute atomic E-state index is 0.0773. The highest BCUT2D eigenvalue weighted by Gasteiger charge is 2.42. The van der Waals surface area contributed by atoms with E-state index in [0.717, 1.165) is 3.57 Å². The van der Waals surface area contributed by atoms with E-state index in [4.69, 9.17) is 32.7 Å². The summed E-state index contributed by atoms with van der Waals surface area (Å²) in [7, 11) is 0. The van der Waals surface area contributed by atoms with E-state index in [1.165, 1.54) is 0 Å². The summed E-state index contributed by atoms with van der Waals surface area (Å²) in [5.41, 5.74) is 1.01. The first-order chi connectivity index (χ1) is 18.3. The van der Waals surface area contributed by atoms with Gasteiger partial charge >= 0.3 is 0 Å². The monoisotopic (exact) mass is 674 g/mol. The fraction of sp³-hybridized carbons (Fsp3) is 0.407. The molecule has 0 saturated carbocycles. The summed E-state index contributed by atoms with van der Waals surface area (Å²) in [5, 5.41) is 24.3. The van der Waals surface area contributed by atoms with Gasteiger partial charge in [-0.1, -0.05) is 41.4 Å². The smallest absolute Gasteiger partial charge is 0.247 e. The van der Waals surface area contributed by atoms with Crippen LogP contribution < -0.4 is 10.1 Å². The van der Waals surface area contributed by atoms with Crippen molar-refractivity contribution in [1.29, 1.82) is 0 Å². The molecule has 1 fully saturated rings. The molecule has 2 aliphatic rings. The fourth-order valence-corrected chi connectivity index (χ4v) is 5.61. The van der Waals surface area contributed by atoms with E-state index in [9.17, 15) is 19.8 Å². The summed E-state index contributed by atoms with van der Waals surface area (Å²) >= 11 is 14.7. The van der Waals surface area contributed by atoms with Gasteiger partial charge < -0.3 is 29.9 Å². The predicted molar refractivity (Wildman–Crippen MR) is 152 cm³/mol. The fourth-order valence-electron chi connectivity index (χ4n) is 4.62. The number of nitrogens with zero attached hydrogens (tertiary/aromatic N) is 1. The van der Waals surface area contributed by atoms with Crippen LogP contribution in [0.2, 0.25) is 10.0 Å². The summed E-state index contributed by atoms with van der Waals surface area (Å²) in [5.74, 6) is -0.414. The van der Waals surface area contributed by atoms with Gasteiger partial charge in [0.15, 0.2) is 0 Å². The van der Waals surface area contributed by atoms with E-state index in [0.29, 0.717) is 40.0 Å². The number of hydrogen-bond donors (Lipinski definition) is 3. The molecule has 2 aromatic rings. The van der Waals surface area contributed by atoms with Crippen LogP contribution in [0.4, 0.5) is 0 Å². The molecule has 2 aromatic carbocycles. The Morgan fingerprint density at radius 3 is 2.68 bits per heavy atom. The maximum Gasteiger partial charge on any atom is 0.247 e. The Hall–Kier alpha value is -1.89. The van der Waals surface area contributed by atoms with Crippen LogP contribution >= 0.6 is 45.8 Å². The van der Waals surface area contributed by atoms with Gasteiger partial charge in [-0.15, -0.1) is 0 Å². The molecule has 1 unspecified atom stereocenters. The number of halogens is 3. The van der Waals surface area contributed by atoms with Crippen molar-refractivity contribution < 1.29 is 29.3 Å². The van der Waals surface area contributed by atoms with Gasteiger partial charge in [-0.2, -0.15) is 0 Å². The highest BCUT2D eigenvalue weighted by atomic mass is 127. The zero-order chi connectivity index (χ0) is 27.2. The van der Waals surface area contributed by atoms with Gasteiger partial charge in [-0.3, -0.25) is 9.59 Å². The number of para-hydroxylation sites is 1. The Balaban J connectivity index is 1.70. The van der Waals surface area contributed by atoms with Crippen LogP contribution in [0.25, 0.3) is 0 Å². The summed E-state index contributed by atoms with van der Waals surface area (Å²) < 4.78 is 12.5. The molecule has 0 bridgehead atoms. The van der Waals surface area contributed by atoms with Crippen LogP contribution in [0, 0.1) is 9.49 Å². The number of rotatable bonds is 9. The maximum atomic E-state index is 13.8. The normalized spacial score (nSPS) is 23.0. The molecule has 204 valence electrons. The zero-order valence-electron chi connectivity index (χ0n) is 20.5. The molecule has 3 N–H and O–H groups in total. The zero-order valence-corrected chi connectivity index (χ0v) is 24.2. The molecule has 1 aliphatic heterocycles. The number of carbonyl (C=O) groups is 2.